The van der Waals surface area contributed by atoms with Gasteiger partial charge in [-0.25, -0.2) is 4.79 Å². The summed E-state index contributed by atoms with van der Waals surface area (Å²) in [7, 11) is 1.52. The van der Waals surface area contributed by atoms with E-state index in [1.807, 2.05) is 26.0 Å². The average Bonchev–Trinajstić information content (AvgIpc) is 2.66. The number of ether oxygens (including phenoxy) is 3. The molecule has 2 aromatic rings. The van der Waals surface area contributed by atoms with Crippen LogP contribution in [0.4, 0.5) is 0 Å². The van der Waals surface area contributed by atoms with Gasteiger partial charge < -0.3 is 19.5 Å². The Kier molecular flexibility index (Phi) is 7.49. The number of amides is 1. The van der Waals surface area contributed by atoms with Crippen LogP contribution in [0, 0.1) is 0 Å². The first kappa shape index (κ1) is 20.6. The number of nitrogens with one attached hydrogen (secondary N) is 1. The molecular weight excluding hydrogens is 370 g/mol. The average molecular weight is 392 g/mol. The van der Waals surface area contributed by atoms with E-state index in [2.05, 4.69) is 5.32 Å². The van der Waals surface area contributed by atoms with Gasteiger partial charge in [0.2, 0.25) is 0 Å². The number of rotatable bonds is 8. The third-order valence-electron chi connectivity index (χ3n) is 3.78. The van der Waals surface area contributed by atoms with Gasteiger partial charge in [0.25, 0.3) is 5.91 Å². The van der Waals surface area contributed by atoms with Crippen LogP contribution in [0.15, 0.2) is 42.5 Å². The number of methoxy groups -OCH3 is 1. The van der Waals surface area contributed by atoms with Gasteiger partial charge in [-0.15, -0.1) is 0 Å². The number of hydrogen-bond donors (Lipinski definition) is 1. The summed E-state index contributed by atoms with van der Waals surface area (Å²) >= 11 is 5.85. The molecule has 0 fully saturated rings. The maximum atomic E-state index is 12.2. The van der Waals surface area contributed by atoms with Crippen LogP contribution in [0.5, 0.6) is 11.5 Å². The Morgan fingerprint density at radius 2 is 1.81 bits per heavy atom. The third-order valence-corrected chi connectivity index (χ3v) is 4.03. The topological polar surface area (TPSA) is 73.9 Å². The molecule has 27 heavy (non-hydrogen) atoms. The van der Waals surface area contributed by atoms with Gasteiger partial charge in [0.1, 0.15) is 0 Å². The van der Waals surface area contributed by atoms with Crippen molar-refractivity contribution >= 4 is 23.5 Å². The summed E-state index contributed by atoms with van der Waals surface area (Å²) in [5, 5.41) is 3.39. The summed E-state index contributed by atoms with van der Waals surface area (Å²) in [6.07, 6.45) is 0. The van der Waals surface area contributed by atoms with Crippen molar-refractivity contribution in [2.45, 2.75) is 19.9 Å². The summed E-state index contributed by atoms with van der Waals surface area (Å²) < 4.78 is 15.7. The van der Waals surface area contributed by atoms with Gasteiger partial charge in [0.15, 0.2) is 18.1 Å². The molecule has 0 aromatic heterocycles. The second-order valence-electron chi connectivity index (χ2n) is 5.72. The normalized spacial score (nSPS) is 11.4. The second kappa shape index (κ2) is 9.83. The summed E-state index contributed by atoms with van der Waals surface area (Å²) in [6, 6.07) is 11.6. The fourth-order valence-corrected chi connectivity index (χ4v) is 2.53. The van der Waals surface area contributed by atoms with E-state index in [1.165, 1.54) is 13.2 Å². The van der Waals surface area contributed by atoms with Crippen molar-refractivity contribution in [2.75, 3.05) is 20.3 Å². The highest BCUT2D eigenvalue weighted by molar-refractivity contribution is 6.30. The lowest BCUT2D eigenvalue weighted by Crippen LogP contribution is -2.31. The van der Waals surface area contributed by atoms with Gasteiger partial charge in [-0.05, 0) is 49.7 Å². The lowest BCUT2D eigenvalue weighted by molar-refractivity contribution is -0.124. The molecule has 0 spiro atoms. The number of benzene rings is 2. The smallest absolute Gasteiger partial charge is 0.338 e. The maximum Gasteiger partial charge on any atom is 0.338 e. The molecular formula is C20H22ClNO5. The highest BCUT2D eigenvalue weighted by atomic mass is 35.5. The van der Waals surface area contributed by atoms with Crippen LogP contribution >= 0.6 is 11.6 Å². The SMILES string of the molecule is CCOc1cc(C(=O)OCC(=O)N[C@H](C)c2ccc(Cl)cc2)ccc1OC. The zero-order valence-electron chi connectivity index (χ0n) is 15.5. The van der Waals surface area contributed by atoms with Gasteiger partial charge >= 0.3 is 5.97 Å². The molecule has 0 aliphatic rings. The van der Waals surface area contributed by atoms with Crippen molar-refractivity contribution in [3.63, 3.8) is 0 Å². The van der Waals surface area contributed by atoms with Crippen LogP contribution in [0.2, 0.25) is 5.02 Å². The predicted molar refractivity (Wildman–Crippen MR) is 102 cm³/mol. The van der Waals surface area contributed by atoms with E-state index in [9.17, 15) is 9.59 Å². The Morgan fingerprint density at radius 3 is 2.44 bits per heavy atom. The zero-order chi connectivity index (χ0) is 19.8. The van der Waals surface area contributed by atoms with E-state index in [-0.39, 0.29) is 18.2 Å². The minimum Gasteiger partial charge on any atom is -0.493 e. The first-order chi connectivity index (χ1) is 12.9. The number of hydrogen-bond acceptors (Lipinski definition) is 5. The van der Waals surface area contributed by atoms with Crippen molar-refractivity contribution in [3.8, 4) is 11.5 Å². The minimum atomic E-state index is -0.618. The number of esters is 1. The first-order valence-corrected chi connectivity index (χ1v) is 8.85. The highest BCUT2D eigenvalue weighted by Gasteiger charge is 2.15. The van der Waals surface area contributed by atoms with Crippen LogP contribution in [0.3, 0.4) is 0 Å². The Labute approximate surface area is 163 Å². The van der Waals surface area contributed by atoms with E-state index in [1.54, 1.807) is 24.3 Å². The molecule has 7 heteroatoms. The molecule has 0 aliphatic carbocycles. The van der Waals surface area contributed by atoms with E-state index >= 15 is 0 Å². The summed E-state index contributed by atoms with van der Waals surface area (Å²) in [4.78, 5) is 24.2. The monoisotopic (exact) mass is 391 g/mol. The summed E-state index contributed by atoms with van der Waals surface area (Å²) in [5.41, 5.74) is 1.17. The van der Waals surface area contributed by atoms with Gasteiger partial charge in [-0.1, -0.05) is 23.7 Å². The molecule has 2 rings (SSSR count). The number of carbonyl (C=O) groups excluding carboxylic acids is 2. The van der Waals surface area contributed by atoms with Crippen LogP contribution in [0.25, 0.3) is 0 Å². The Bertz CT molecular complexity index is 791. The quantitative estimate of drug-likeness (QED) is 0.693. The standard InChI is InChI=1S/C20H22ClNO5/c1-4-26-18-11-15(7-10-17(18)25-3)20(24)27-12-19(23)22-13(2)14-5-8-16(21)9-6-14/h5-11,13H,4,12H2,1-3H3,(H,22,23)/t13-/m1/s1. The fourth-order valence-electron chi connectivity index (χ4n) is 2.40. The molecule has 0 unspecified atom stereocenters. The molecule has 6 nitrogen and oxygen atoms in total. The van der Waals surface area contributed by atoms with Gasteiger partial charge in [0, 0.05) is 5.02 Å². The molecule has 1 N–H and O–H groups in total. The van der Waals surface area contributed by atoms with Crippen molar-refractivity contribution in [3.05, 3.63) is 58.6 Å². The van der Waals surface area contributed by atoms with E-state index < -0.39 is 11.9 Å². The predicted octanol–water partition coefficient (Wildman–Crippen LogP) is 3.78. The highest BCUT2D eigenvalue weighted by Crippen LogP contribution is 2.28. The Hall–Kier alpha value is -2.73. The Morgan fingerprint density at radius 1 is 1.11 bits per heavy atom. The molecule has 1 atom stereocenters. The largest absolute Gasteiger partial charge is 0.493 e. The van der Waals surface area contributed by atoms with E-state index in [0.29, 0.717) is 23.1 Å². The van der Waals surface area contributed by atoms with Crippen LogP contribution in [0.1, 0.15) is 35.8 Å². The molecule has 0 bridgehead atoms. The molecule has 0 heterocycles. The first-order valence-electron chi connectivity index (χ1n) is 8.47. The van der Waals surface area contributed by atoms with Crippen LogP contribution in [-0.2, 0) is 9.53 Å². The molecule has 1 amide bonds. The summed E-state index contributed by atoms with van der Waals surface area (Å²) in [6.45, 7) is 3.71. The lowest BCUT2D eigenvalue weighted by atomic mass is 10.1. The van der Waals surface area contributed by atoms with Crippen molar-refractivity contribution < 1.29 is 23.8 Å². The lowest BCUT2D eigenvalue weighted by Gasteiger charge is -2.15. The number of carbonyl (C=O) groups is 2. The van der Waals surface area contributed by atoms with E-state index in [0.717, 1.165) is 5.56 Å². The van der Waals surface area contributed by atoms with Gasteiger partial charge in [-0.3, -0.25) is 4.79 Å². The maximum absolute atomic E-state index is 12.2. The molecule has 0 saturated carbocycles. The van der Waals surface area contributed by atoms with Gasteiger partial charge in [-0.2, -0.15) is 0 Å². The molecule has 0 saturated heterocycles. The molecule has 0 radical (unpaired) electrons. The van der Waals surface area contributed by atoms with Crippen LogP contribution in [-0.4, -0.2) is 32.2 Å². The van der Waals surface area contributed by atoms with Crippen molar-refractivity contribution in [1.82, 2.24) is 5.32 Å². The van der Waals surface area contributed by atoms with E-state index in [4.69, 9.17) is 25.8 Å². The van der Waals surface area contributed by atoms with Crippen molar-refractivity contribution in [2.24, 2.45) is 0 Å². The fraction of sp³-hybridized carbons (Fsp3) is 0.300. The molecule has 0 aliphatic heterocycles. The molecule has 144 valence electrons. The van der Waals surface area contributed by atoms with Crippen LogP contribution < -0.4 is 14.8 Å². The zero-order valence-corrected chi connectivity index (χ0v) is 16.2. The second-order valence-corrected chi connectivity index (χ2v) is 6.15. The minimum absolute atomic E-state index is 0.237. The number of halogens is 1. The summed E-state index contributed by atoms with van der Waals surface area (Å²) in [5.74, 6) is -0.0598. The van der Waals surface area contributed by atoms with Gasteiger partial charge in [0.05, 0.1) is 25.3 Å². The third kappa shape index (κ3) is 5.89. The molecule has 2 aromatic carbocycles. The Balaban J connectivity index is 1.91. The van der Waals surface area contributed by atoms with Crippen molar-refractivity contribution in [1.29, 1.82) is 0 Å².